The predicted molar refractivity (Wildman–Crippen MR) is 96.6 cm³/mol. The second-order valence-corrected chi connectivity index (χ2v) is 7.46. The van der Waals surface area contributed by atoms with E-state index in [2.05, 4.69) is 15.6 Å². The molecule has 3 aliphatic heterocycles. The number of carbonyl (C=O) groups excluding carboxylic acids is 1. The first kappa shape index (κ1) is 17.2. The molecule has 138 valence electrons. The van der Waals surface area contributed by atoms with Crippen molar-refractivity contribution < 1.29 is 14.8 Å². The summed E-state index contributed by atoms with van der Waals surface area (Å²) in [4.78, 5) is 14.2. The average molecular weight is 356 g/mol. The average Bonchev–Trinajstić information content (AvgIpc) is 3.10. The van der Waals surface area contributed by atoms with Crippen LogP contribution in [0.1, 0.15) is 18.5 Å². The van der Waals surface area contributed by atoms with Crippen LogP contribution in [0.4, 0.5) is 5.69 Å². The zero-order chi connectivity index (χ0) is 17.9. The zero-order valence-electron chi connectivity index (χ0n) is 14.8. The van der Waals surface area contributed by atoms with Crippen molar-refractivity contribution in [3.63, 3.8) is 0 Å². The Hall–Kier alpha value is -2.25. The zero-order valence-corrected chi connectivity index (χ0v) is 14.8. The molecule has 5 rings (SSSR count). The minimum Gasteiger partial charge on any atom is -0.396 e. The van der Waals surface area contributed by atoms with Crippen molar-refractivity contribution in [1.82, 2.24) is 15.0 Å². The summed E-state index contributed by atoms with van der Waals surface area (Å²) in [5.41, 5.74) is 1.71. The van der Waals surface area contributed by atoms with Gasteiger partial charge < -0.3 is 15.3 Å². The highest BCUT2D eigenvalue weighted by molar-refractivity contribution is 5.92. The Balaban J connectivity index is 1.37. The number of nitrogens with zero attached hydrogens (tertiary/aromatic N) is 3. The van der Waals surface area contributed by atoms with E-state index in [0.717, 1.165) is 43.9 Å². The molecule has 1 unspecified atom stereocenters. The van der Waals surface area contributed by atoms with Crippen LogP contribution in [0, 0.1) is 11.8 Å². The van der Waals surface area contributed by atoms with E-state index in [1.807, 2.05) is 41.2 Å². The van der Waals surface area contributed by atoms with Gasteiger partial charge in [0.05, 0.1) is 31.2 Å². The Labute approximate surface area is 153 Å². The maximum absolute atomic E-state index is 12.7. The second kappa shape index (κ2) is 7.55. The standard InChI is InChI=1S/C19H25N5O2/c25-9-7-16-11-24(22-21-16)12-17-10-14-6-8-23(17)13-18(14)19(26)20-15-4-2-1-3-5-15/h1-5,11,14,17-18,25H,6-10,12-13H2,(H,20,26)/p+1/t14-,17+,18-/m0/s1. The van der Waals surface area contributed by atoms with Gasteiger partial charge in [0.1, 0.15) is 6.04 Å². The first-order valence-electron chi connectivity index (χ1n) is 9.43. The van der Waals surface area contributed by atoms with Crippen molar-refractivity contribution in [2.24, 2.45) is 11.8 Å². The number of aromatic nitrogens is 3. The van der Waals surface area contributed by atoms with Crippen LogP contribution < -0.4 is 10.2 Å². The van der Waals surface area contributed by atoms with Gasteiger partial charge in [0.2, 0.25) is 5.91 Å². The largest absolute Gasteiger partial charge is 0.396 e. The monoisotopic (exact) mass is 356 g/mol. The number of aliphatic hydroxyl groups is 1. The SMILES string of the molecule is O=C(Nc1ccccc1)[C@H]1C[NH+]2CC[C@H]1C[C@@H]2Cn1cc(CCO)nn1. The second-order valence-electron chi connectivity index (χ2n) is 7.46. The Morgan fingerprint density at radius 1 is 1.35 bits per heavy atom. The smallest absolute Gasteiger partial charge is 0.233 e. The van der Waals surface area contributed by atoms with E-state index in [1.54, 1.807) is 0 Å². The number of hydrogen-bond donors (Lipinski definition) is 3. The summed E-state index contributed by atoms with van der Waals surface area (Å²) in [5, 5.41) is 20.4. The lowest BCUT2D eigenvalue weighted by Gasteiger charge is -2.46. The van der Waals surface area contributed by atoms with Crippen molar-refractivity contribution in [2.45, 2.75) is 31.8 Å². The molecule has 4 heterocycles. The van der Waals surface area contributed by atoms with Crippen LogP contribution >= 0.6 is 0 Å². The van der Waals surface area contributed by atoms with Crippen LogP contribution in [0.5, 0.6) is 0 Å². The first-order chi connectivity index (χ1) is 12.7. The van der Waals surface area contributed by atoms with Crippen LogP contribution in [0.15, 0.2) is 36.5 Å². The number of anilines is 1. The van der Waals surface area contributed by atoms with E-state index in [-0.39, 0.29) is 18.4 Å². The Morgan fingerprint density at radius 2 is 2.19 bits per heavy atom. The number of hydrogen-bond acceptors (Lipinski definition) is 4. The fourth-order valence-corrected chi connectivity index (χ4v) is 4.46. The highest BCUT2D eigenvalue weighted by atomic mass is 16.3. The Morgan fingerprint density at radius 3 is 2.92 bits per heavy atom. The maximum atomic E-state index is 12.7. The summed E-state index contributed by atoms with van der Waals surface area (Å²) >= 11 is 0. The number of fused-ring (bicyclic) bond motifs is 3. The molecule has 2 aromatic rings. The van der Waals surface area contributed by atoms with Crippen LogP contribution in [0.3, 0.4) is 0 Å². The number of carbonyl (C=O) groups is 1. The topological polar surface area (TPSA) is 84.5 Å². The van der Waals surface area contributed by atoms with Crippen LogP contribution in [-0.4, -0.2) is 51.7 Å². The summed E-state index contributed by atoms with van der Waals surface area (Å²) in [7, 11) is 0. The van der Waals surface area contributed by atoms with E-state index < -0.39 is 0 Å². The lowest BCUT2D eigenvalue weighted by atomic mass is 9.75. The van der Waals surface area contributed by atoms with Gasteiger partial charge in [-0.25, -0.2) is 4.68 Å². The third-order valence-corrected chi connectivity index (χ3v) is 5.79. The predicted octanol–water partition coefficient (Wildman–Crippen LogP) is -0.255. The molecule has 0 aliphatic carbocycles. The number of para-hydroxylation sites is 1. The van der Waals surface area contributed by atoms with E-state index in [0.29, 0.717) is 18.4 Å². The van der Waals surface area contributed by atoms with Gasteiger partial charge in [-0.15, -0.1) is 5.10 Å². The van der Waals surface area contributed by atoms with Gasteiger partial charge in [-0.2, -0.15) is 0 Å². The van der Waals surface area contributed by atoms with Crippen molar-refractivity contribution in [3.8, 4) is 0 Å². The molecule has 1 aromatic carbocycles. The molecular formula is C19H26N5O2+. The van der Waals surface area contributed by atoms with E-state index in [1.165, 1.54) is 4.90 Å². The third-order valence-electron chi connectivity index (χ3n) is 5.79. The molecule has 3 aliphatic rings. The molecule has 4 atom stereocenters. The number of piperidine rings is 3. The van der Waals surface area contributed by atoms with Crippen molar-refractivity contribution in [3.05, 3.63) is 42.2 Å². The van der Waals surface area contributed by atoms with Crippen molar-refractivity contribution >= 4 is 11.6 Å². The molecule has 3 saturated heterocycles. The fraction of sp³-hybridized carbons (Fsp3) is 0.526. The third kappa shape index (κ3) is 3.64. The number of aliphatic hydroxyl groups excluding tert-OH is 1. The van der Waals surface area contributed by atoms with Gasteiger partial charge in [-0.3, -0.25) is 4.79 Å². The van der Waals surface area contributed by atoms with Gasteiger partial charge in [-0.1, -0.05) is 23.4 Å². The molecule has 1 amide bonds. The Kier molecular flexibility index (Phi) is 4.99. The van der Waals surface area contributed by atoms with E-state index in [9.17, 15) is 4.79 Å². The molecule has 3 N–H and O–H groups in total. The highest BCUT2D eigenvalue weighted by Crippen LogP contribution is 2.28. The lowest BCUT2D eigenvalue weighted by molar-refractivity contribution is -0.945. The molecule has 3 fully saturated rings. The minimum absolute atomic E-state index is 0.0934. The van der Waals surface area contributed by atoms with Gasteiger partial charge >= 0.3 is 0 Å². The maximum Gasteiger partial charge on any atom is 0.233 e. The molecule has 0 spiro atoms. The molecule has 0 radical (unpaired) electrons. The fourth-order valence-electron chi connectivity index (χ4n) is 4.46. The summed E-state index contributed by atoms with van der Waals surface area (Å²) in [5.74, 6) is 0.695. The quantitative estimate of drug-likeness (QED) is 0.666. The lowest BCUT2D eigenvalue weighted by Crippen LogP contribution is -3.20. The molecule has 1 aromatic heterocycles. The van der Waals surface area contributed by atoms with Crippen LogP contribution in [0.2, 0.25) is 0 Å². The van der Waals surface area contributed by atoms with Crippen LogP contribution in [-0.2, 0) is 17.8 Å². The van der Waals surface area contributed by atoms with Gasteiger partial charge in [0.15, 0.2) is 0 Å². The van der Waals surface area contributed by atoms with Gasteiger partial charge in [-0.05, 0) is 18.1 Å². The molecular weight excluding hydrogens is 330 g/mol. The number of quaternary nitrogens is 1. The van der Waals surface area contributed by atoms with Crippen molar-refractivity contribution in [2.75, 3.05) is 25.0 Å². The van der Waals surface area contributed by atoms with E-state index in [4.69, 9.17) is 5.11 Å². The molecule has 7 nitrogen and oxygen atoms in total. The summed E-state index contributed by atoms with van der Waals surface area (Å²) in [6.07, 6.45) is 4.65. The summed E-state index contributed by atoms with van der Waals surface area (Å²) < 4.78 is 1.89. The Bertz CT molecular complexity index is 747. The normalized spacial score (nSPS) is 27.4. The highest BCUT2D eigenvalue weighted by Gasteiger charge is 2.46. The summed E-state index contributed by atoms with van der Waals surface area (Å²) in [6.45, 7) is 2.95. The molecule has 7 heteroatoms. The number of rotatable bonds is 6. The summed E-state index contributed by atoms with van der Waals surface area (Å²) in [6, 6.07) is 10.2. The number of nitrogens with one attached hydrogen (secondary N) is 2. The minimum atomic E-state index is 0.0934. The van der Waals surface area contributed by atoms with Crippen LogP contribution in [0.25, 0.3) is 0 Å². The van der Waals surface area contributed by atoms with Gasteiger partial charge in [0.25, 0.3) is 0 Å². The van der Waals surface area contributed by atoms with Crippen molar-refractivity contribution in [1.29, 1.82) is 0 Å². The molecule has 26 heavy (non-hydrogen) atoms. The number of amides is 1. The van der Waals surface area contributed by atoms with E-state index >= 15 is 0 Å². The molecule has 0 saturated carbocycles. The first-order valence-corrected chi connectivity index (χ1v) is 9.43. The molecule has 2 bridgehead atoms. The number of benzene rings is 1. The van der Waals surface area contributed by atoms with Gasteiger partial charge in [0, 0.05) is 37.8 Å².